The number of rotatable bonds is 6. The molecule has 3 rings (SSSR count). The fourth-order valence-electron chi connectivity index (χ4n) is 3.43. The minimum absolute atomic E-state index is 0.103. The topological polar surface area (TPSA) is 119 Å². The van der Waals surface area contributed by atoms with Crippen molar-refractivity contribution in [2.24, 2.45) is 5.92 Å². The van der Waals surface area contributed by atoms with Crippen LogP contribution in [0, 0.1) is 9.49 Å². The number of fused-ring (bicyclic) bond motifs is 1. The van der Waals surface area contributed by atoms with Crippen molar-refractivity contribution in [1.29, 1.82) is 0 Å². The van der Waals surface area contributed by atoms with Crippen LogP contribution in [-0.4, -0.2) is 48.5 Å². The molecule has 1 spiro atoms. The van der Waals surface area contributed by atoms with Crippen LogP contribution in [0.4, 0.5) is 17.6 Å². The van der Waals surface area contributed by atoms with Gasteiger partial charge in [0, 0.05) is 12.8 Å². The van der Waals surface area contributed by atoms with Crippen molar-refractivity contribution >= 4 is 44.6 Å². The van der Waals surface area contributed by atoms with E-state index in [1.54, 1.807) is 18.2 Å². The van der Waals surface area contributed by atoms with E-state index in [9.17, 15) is 40.1 Å². The van der Waals surface area contributed by atoms with Crippen molar-refractivity contribution in [2.45, 2.75) is 49.1 Å². The first-order valence-electron chi connectivity index (χ1n) is 9.28. The lowest BCUT2D eigenvalue weighted by Crippen LogP contribution is -2.48. The second-order valence-electron chi connectivity index (χ2n) is 7.39. The van der Waals surface area contributed by atoms with Gasteiger partial charge in [0.15, 0.2) is 15.9 Å². The summed E-state index contributed by atoms with van der Waals surface area (Å²) in [5, 5.41) is -5.83. The van der Waals surface area contributed by atoms with Gasteiger partial charge in [-0.2, -0.15) is 17.6 Å². The zero-order valence-corrected chi connectivity index (χ0v) is 19.1. The molecule has 32 heavy (non-hydrogen) atoms. The molecule has 0 bridgehead atoms. The predicted molar refractivity (Wildman–Crippen MR) is 105 cm³/mol. The van der Waals surface area contributed by atoms with Crippen molar-refractivity contribution in [3.8, 4) is 5.75 Å². The Morgan fingerprint density at radius 3 is 2.44 bits per heavy atom. The first kappa shape index (κ1) is 25.0. The number of benzene rings is 1. The van der Waals surface area contributed by atoms with Gasteiger partial charge in [0.05, 0.1) is 22.5 Å². The molecule has 1 aliphatic heterocycles. The van der Waals surface area contributed by atoms with Gasteiger partial charge in [0.25, 0.3) is 5.79 Å². The van der Waals surface area contributed by atoms with Gasteiger partial charge in [0.2, 0.25) is 0 Å². The predicted octanol–water partition coefficient (Wildman–Crippen LogP) is 3.43. The molecule has 1 heterocycles. The molecule has 0 amide bonds. The summed E-state index contributed by atoms with van der Waals surface area (Å²) in [7, 11) is -6.61. The van der Waals surface area contributed by atoms with Gasteiger partial charge in [-0.3, -0.25) is 4.79 Å². The van der Waals surface area contributed by atoms with Crippen LogP contribution in [0.1, 0.15) is 42.5 Å². The Balaban J connectivity index is 1.55. The average Bonchev–Trinajstić information content (AvgIpc) is 2.68. The van der Waals surface area contributed by atoms with Crippen LogP contribution >= 0.6 is 22.6 Å². The molecular weight excluding hydrogens is 579 g/mol. The molecule has 0 aromatic heterocycles. The molecule has 14 heteroatoms. The molecule has 0 atom stereocenters. The van der Waals surface area contributed by atoms with Gasteiger partial charge in [-0.25, -0.2) is 13.2 Å². The Morgan fingerprint density at radius 1 is 1.22 bits per heavy atom. The molecule has 1 aromatic rings. The van der Waals surface area contributed by atoms with Crippen molar-refractivity contribution in [1.82, 2.24) is 0 Å². The molecule has 178 valence electrons. The average molecular weight is 595 g/mol. The van der Waals surface area contributed by atoms with Gasteiger partial charge in [-0.05, 0) is 47.6 Å². The second-order valence-corrected chi connectivity index (χ2v) is 9.97. The Labute approximate surface area is 193 Å². The quantitative estimate of drug-likeness (QED) is 0.213. The van der Waals surface area contributed by atoms with Crippen molar-refractivity contribution < 1.29 is 54.3 Å². The van der Waals surface area contributed by atoms with Crippen LogP contribution in [0.2, 0.25) is 0 Å². The molecule has 1 aliphatic carbocycles. The summed E-state index contributed by atoms with van der Waals surface area (Å²) in [6, 6.07) is 4.96. The van der Waals surface area contributed by atoms with E-state index in [2.05, 4.69) is 4.74 Å². The summed E-state index contributed by atoms with van der Waals surface area (Å²) in [5.41, 5.74) is 0.266. The molecule has 8 nitrogen and oxygen atoms in total. The summed E-state index contributed by atoms with van der Waals surface area (Å²) in [6.07, 6.45) is -1.43. The number of halogens is 5. The Hall–Kier alpha value is -1.68. The summed E-state index contributed by atoms with van der Waals surface area (Å²) in [6.45, 7) is -1.21. The maximum atomic E-state index is 13.4. The monoisotopic (exact) mass is 595 g/mol. The third-order valence-electron chi connectivity index (χ3n) is 5.23. The lowest BCUT2D eigenvalue weighted by atomic mass is 9.84. The van der Waals surface area contributed by atoms with E-state index in [0.717, 1.165) is 0 Å². The minimum Gasteiger partial charge on any atom is -0.743 e. The molecule has 0 unspecified atom stereocenters. The first-order chi connectivity index (χ1) is 14.7. The van der Waals surface area contributed by atoms with Crippen LogP contribution in [0.5, 0.6) is 5.75 Å². The summed E-state index contributed by atoms with van der Waals surface area (Å²) in [5.74, 6) is -8.47. The molecule has 0 N–H and O–H groups in total. The number of ether oxygens (including phenoxy) is 3. The van der Waals surface area contributed by atoms with E-state index in [4.69, 9.17) is 9.47 Å². The maximum Gasteiger partial charge on any atom is 0.396 e. The van der Waals surface area contributed by atoms with Crippen LogP contribution in [-0.2, 0) is 24.4 Å². The van der Waals surface area contributed by atoms with Crippen LogP contribution in [0.25, 0.3) is 0 Å². The number of esters is 2. The minimum atomic E-state index is -6.61. The van der Waals surface area contributed by atoms with Crippen molar-refractivity contribution in [3.63, 3.8) is 0 Å². The van der Waals surface area contributed by atoms with E-state index in [1.165, 1.54) is 0 Å². The van der Waals surface area contributed by atoms with Gasteiger partial charge in [-0.1, -0.05) is 6.07 Å². The molecule has 2 aliphatic rings. The normalized spacial score (nSPS) is 23.8. The summed E-state index contributed by atoms with van der Waals surface area (Å²) >= 11 is 2.00. The van der Waals surface area contributed by atoms with Gasteiger partial charge < -0.3 is 18.8 Å². The zero-order valence-electron chi connectivity index (χ0n) is 16.1. The molecule has 1 fully saturated rings. The Kier molecular flexibility index (Phi) is 6.70. The third kappa shape index (κ3) is 4.66. The van der Waals surface area contributed by atoms with Crippen molar-refractivity contribution in [3.05, 3.63) is 27.3 Å². The highest BCUT2D eigenvalue weighted by molar-refractivity contribution is 14.1. The zero-order chi connectivity index (χ0) is 23.9. The Morgan fingerprint density at radius 2 is 1.84 bits per heavy atom. The molecule has 1 aromatic carbocycles. The SMILES string of the molecule is O=C1OC2(CCC(C(=O)OCCC(F)(F)C(F)(F)S(=O)(=O)[O-])CC2)Oc2c(I)cccc21. The van der Waals surface area contributed by atoms with E-state index < -0.39 is 58.0 Å². The number of alkyl halides is 4. The highest BCUT2D eigenvalue weighted by Gasteiger charge is 2.61. The fraction of sp³-hybridized carbons (Fsp3) is 0.556. The van der Waals surface area contributed by atoms with E-state index in [0.29, 0.717) is 9.32 Å². The third-order valence-corrected chi connectivity index (χ3v) is 7.01. The van der Waals surface area contributed by atoms with Crippen LogP contribution in [0.15, 0.2) is 18.2 Å². The van der Waals surface area contributed by atoms with E-state index >= 15 is 0 Å². The molecule has 0 saturated heterocycles. The Bertz CT molecular complexity index is 1020. The number of hydrogen-bond acceptors (Lipinski definition) is 8. The molecular formula is C18H16F4IO8S-. The number of para-hydroxylation sites is 1. The van der Waals surface area contributed by atoms with Gasteiger partial charge in [0.1, 0.15) is 5.56 Å². The van der Waals surface area contributed by atoms with Crippen LogP contribution in [0.3, 0.4) is 0 Å². The van der Waals surface area contributed by atoms with Crippen molar-refractivity contribution in [2.75, 3.05) is 6.61 Å². The largest absolute Gasteiger partial charge is 0.743 e. The second kappa shape index (κ2) is 8.59. The number of carbonyl (C=O) groups excluding carboxylic acids is 2. The lowest BCUT2D eigenvalue weighted by Gasteiger charge is -2.41. The standard InChI is InChI=1S/C18H17F4IO8S/c19-17(20,18(21,22)32(26,27)28)8-9-29-14(24)10-4-6-16(7-5-10)30-13-11(15(25)31-16)2-1-3-12(13)23/h1-3,10H,4-9H2,(H,26,27,28)/p-1. The van der Waals surface area contributed by atoms with Crippen LogP contribution < -0.4 is 4.74 Å². The maximum absolute atomic E-state index is 13.4. The smallest absolute Gasteiger partial charge is 0.396 e. The van der Waals surface area contributed by atoms with Gasteiger partial charge >= 0.3 is 23.1 Å². The van der Waals surface area contributed by atoms with E-state index in [1.807, 2.05) is 22.6 Å². The lowest BCUT2D eigenvalue weighted by molar-refractivity contribution is -0.187. The fourth-order valence-corrected chi connectivity index (χ4v) is 4.50. The summed E-state index contributed by atoms with van der Waals surface area (Å²) < 4.78 is 101. The van der Waals surface area contributed by atoms with Gasteiger partial charge in [-0.15, -0.1) is 0 Å². The first-order valence-corrected chi connectivity index (χ1v) is 11.8. The summed E-state index contributed by atoms with van der Waals surface area (Å²) in [4.78, 5) is 24.5. The van der Waals surface area contributed by atoms with E-state index in [-0.39, 0.29) is 31.2 Å². The molecule has 1 saturated carbocycles. The number of carbonyl (C=O) groups is 2. The highest BCUT2D eigenvalue weighted by Crippen LogP contribution is 2.44. The molecule has 0 radical (unpaired) electrons. The number of hydrogen-bond donors (Lipinski definition) is 0. The highest BCUT2D eigenvalue weighted by atomic mass is 127.